The summed E-state index contributed by atoms with van der Waals surface area (Å²) in [5.41, 5.74) is 3.73. The van der Waals surface area contributed by atoms with Crippen LogP contribution in [0.4, 0.5) is 0 Å². The maximum atomic E-state index is 11.7. The third-order valence-electron chi connectivity index (χ3n) is 4.58. The molecule has 5 heteroatoms. The average Bonchev–Trinajstić information content (AvgIpc) is 2.60. The van der Waals surface area contributed by atoms with Crippen LogP contribution in [-0.4, -0.2) is 19.1 Å². The van der Waals surface area contributed by atoms with Crippen LogP contribution in [0.1, 0.15) is 37.5 Å². The van der Waals surface area contributed by atoms with Crippen molar-refractivity contribution in [1.82, 2.24) is 5.32 Å². The highest BCUT2D eigenvalue weighted by atomic mass is 35.5. The molecule has 26 heavy (non-hydrogen) atoms. The van der Waals surface area contributed by atoms with E-state index in [-0.39, 0.29) is 29.8 Å². The zero-order chi connectivity index (χ0) is 18.0. The first-order chi connectivity index (χ1) is 11.9. The molecule has 0 saturated carbocycles. The van der Waals surface area contributed by atoms with Gasteiger partial charge in [-0.25, -0.2) is 0 Å². The van der Waals surface area contributed by atoms with Gasteiger partial charge in [0.15, 0.2) is 0 Å². The molecule has 2 aromatic rings. The van der Waals surface area contributed by atoms with Crippen LogP contribution in [0, 0.1) is 0 Å². The lowest BCUT2D eigenvalue weighted by Gasteiger charge is -2.24. The molecule has 0 fully saturated rings. The molecule has 1 aliphatic rings. The third kappa shape index (κ3) is 4.57. The first kappa shape index (κ1) is 20.3. The largest absolute Gasteiger partial charge is 0.468 e. The van der Waals surface area contributed by atoms with E-state index >= 15 is 0 Å². The monoisotopic (exact) mass is 375 g/mol. The molecule has 0 radical (unpaired) electrons. The van der Waals surface area contributed by atoms with Crippen LogP contribution in [0.25, 0.3) is 0 Å². The van der Waals surface area contributed by atoms with Crippen molar-refractivity contribution in [3.63, 3.8) is 0 Å². The number of hydrogen-bond acceptors (Lipinski definition) is 4. The topological polar surface area (TPSA) is 47.6 Å². The van der Waals surface area contributed by atoms with Crippen LogP contribution >= 0.6 is 12.4 Å². The van der Waals surface area contributed by atoms with Gasteiger partial charge in [-0.3, -0.25) is 4.79 Å². The molecule has 0 aromatic heterocycles. The summed E-state index contributed by atoms with van der Waals surface area (Å²) in [4.78, 5) is 11.7. The van der Waals surface area contributed by atoms with Crippen molar-refractivity contribution in [2.75, 3.05) is 7.11 Å². The molecule has 0 aliphatic carbocycles. The Hall–Kier alpha value is -2.04. The van der Waals surface area contributed by atoms with Crippen LogP contribution in [0.2, 0.25) is 0 Å². The predicted octanol–water partition coefficient (Wildman–Crippen LogP) is 4.39. The number of carbonyl (C=O) groups is 1. The zero-order valence-corrected chi connectivity index (χ0v) is 16.5. The fourth-order valence-electron chi connectivity index (χ4n) is 3.02. The van der Waals surface area contributed by atoms with Gasteiger partial charge in [0.2, 0.25) is 0 Å². The number of fused-ring (bicyclic) bond motifs is 1. The first-order valence-electron chi connectivity index (χ1n) is 8.58. The molecule has 0 unspecified atom stereocenters. The Morgan fingerprint density at radius 1 is 1.04 bits per heavy atom. The molecule has 2 aromatic carbocycles. The summed E-state index contributed by atoms with van der Waals surface area (Å²) in [5.74, 6) is 1.41. The number of hydrogen-bond donors (Lipinski definition) is 1. The second-order valence-electron chi connectivity index (χ2n) is 7.47. The molecule has 140 valence electrons. The normalized spacial score (nSPS) is 16.2. The number of nitrogens with one attached hydrogen (secondary N) is 1. The van der Waals surface area contributed by atoms with E-state index in [9.17, 15) is 4.79 Å². The Kier molecular flexibility index (Phi) is 6.32. The first-order valence-corrected chi connectivity index (χ1v) is 8.58. The number of esters is 1. The number of ether oxygens (including phenoxy) is 2. The van der Waals surface area contributed by atoms with Crippen LogP contribution in [-0.2, 0) is 27.9 Å². The van der Waals surface area contributed by atoms with Gasteiger partial charge in [-0.1, -0.05) is 39.0 Å². The van der Waals surface area contributed by atoms with E-state index in [1.807, 2.05) is 30.3 Å². The van der Waals surface area contributed by atoms with Crippen LogP contribution < -0.4 is 10.1 Å². The lowest BCUT2D eigenvalue weighted by Crippen LogP contribution is -2.42. The van der Waals surface area contributed by atoms with Gasteiger partial charge in [0, 0.05) is 6.54 Å². The molecule has 0 amide bonds. The van der Waals surface area contributed by atoms with Crippen molar-refractivity contribution in [1.29, 1.82) is 0 Å². The predicted molar refractivity (Wildman–Crippen MR) is 105 cm³/mol. The summed E-state index contributed by atoms with van der Waals surface area (Å²) in [6.07, 6.45) is 0.641. The highest BCUT2D eigenvalue weighted by Crippen LogP contribution is 2.29. The van der Waals surface area contributed by atoms with E-state index in [4.69, 9.17) is 9.47 Å². The van der Waals surface area contributed by atoms with Gasteiger partial charge in [-0.2, -0.15) is 0 Å². The fraction of sp³-hybridized carbons (Fsp3) is 0.381. The number of rotatable bonds is 3. The Bertz CT molecular complexity index is 766. The Labute approximate surface area is 161 Å². The van der Waals surface area contributed by atoms with Gasteiger partial charge in [0.05, 0.1) is 7.11 Å². The van der Waals surface area contributed by atoms with Crippen molar-refractivity contribution in [3.8, 4) is 11.5 Å². The highest BCUT2D eigenvalue weighted by molar-refractivity contribution is 5.85. The van der Waals surface area contributed by atoms with E-state index in [1.165, 1.54) is 12.7 Å². The summed E-state index contributed by atoms with van der Waals surface area (Å²) in [6, 6.07) is 14.0. The Morgan fingerprint density at radius 2 is 1.69 bits per heavy atom. The third-order valence-corrected chi connectivity index (χ3v) is 4.58. The van der Waals surface area contributed by atoms with E-state index < -0.39 is 0 Å². The van der Waals surface area contributed by atoms with Gasteiger partial charge in [0.25, 0.3) is 0 Å². The molecule has 1 N–H and O–H groups in total. The SMILES string of the molecule is COC(=O)[C@@H]1Cc2ccc(Oc3ccc(C(C)(C)C)cc3)cc2CN1.Cl. The molecule has 0 spiro atoms. The number of halogens is 1. The smallest absolute Gasteiger partial charge is 0.323 e. The Balaban J connectivity index is 0.00000243. The summed E-state index contributed by atoms with van der Waals surface area (Å²) < 4.78 is 10.8. The molecule has 1 atom stereocenters. The van der Waals surface area contributed by atoms with Crippen molar-refractivity contribution >= 4 is 18.4 Å². The van der Waals surface area contributed by atoms with Crippen molar-refractivity contribution in [3.05, 3.63) is 59.2 Å². The summed E-state index contributed by atoms with van der Waals surface area (Å²) in [5, 5.41) is 3.21. The van der Waals surface area contributed by atoms with Gasteiger partial charge in [-0.05, 0) is 52.8 Å². The quantitative estimate of drug-likeness (QED) is 0.808. The summed E-state index contributed by atoms with van der Waals surface area (Å²) in [7, 11) is 1.42. The molecular weight excluding hydrogens is 350 g/mol. The molecule has 1 aliphatic heterocycles. The van der Waals surface area contributed by atoms with Crippen LogP contribution in [0.3, 0.4) is 0 Å². The molecule has 1 heterocycles. The van der Waals surface area contributed by atoms with E-state index in [2.05, 4.69) is 38.2 Å². The zero-order valence-electron chi connectivity index (χ0n) is 15.7. The minimum absolute atomic E-state index is 0. The van der Waals surface area contributed by atoms with Gasteiger partial charge >= 0.3 is 5.97 Å². The van der Waals surface area contributed by atoms with Gasteiger partial charge < -0.3 is 14.8 Å². The Morgan fingerprint density at radius 3 is 2.31 bits per heavy atom. The van der Waals surface area contributed by atoms with Crippen LogP contribution in [0.5, 0.6) is 11.5 Å². The minimum atomic E-state index is -0.269. The molecule has 3 rings (SSSR count). The summed E-state index contributed by atoms with van der Waals surface area (Å²) in [6.45, 7) is 7.22. The van der Waals surface area contributed by atoms with Crippen molar-refractivity contribution in [2.24, 2.45) is 0 Å². The highest BCUT2D eigenvalue weighted by Gasteiger charge is 2.25. The number of methoxy groups -OCH3 is 1. The van der Waals surface area contributed by atoms with E-state index in [0.29, 0.717) is 13.0 Å². The minimum Gasteiger partial charge on any atom is -0.468 e. The fourth-order valence-corrected chi connectivity index (χ4v) is 3.02. The summed E-state index contributed by atoms with van der Waals surface area (Å²) >= 11 is 0. The molecule has 0 bridgehead atoms. The maximum Gasteiger partial charge on any atom is 0.323 e. The number of carbonyl (C=O) groups excluding carboxylic acids is 1. The molecule has 0 saturated heterocycles. The van der Waals surface area contributed by atoms with Gasteiger partial charge in [-0.15, -0.1) is 12.4 Å². The maximum absolute atomic E-state index is 11.7. The second-order valence-corrected chi connectivity index (χ2v) is 7.47. The van der Waals surface area contributed by atoms with E-state index in [1.54, 1.807) is 0 Å². The number of benzene rings is 2. The standard InChI is InChI=1S/C21H25NO3.ClH/c1-21(2,3)16-6-9-17(10-7-16)25-18-8-5-14-12-19(20(23)24-4)22-13-15(14)11-18;/h5-11,19,22H,12-13H2,1-4H3;1H/t19-;/m0./s1. The van der Waals surface area contributed by atoms with Crippen molar-refractivity contribution in [2.45, 2.75) is 45.2 Å². The average molecular weight is 376 g/mol. The van der Waals surface area contributed by atoms with Crippen molar-refractivity contribution < 1.29 is 14.3 Å². The lowest BCUT2D eigenvalue weighted by molar-refractivity contribution is -0.143. The lowest BCUT2D eigenvalue weighted by atomic mass is 9.87. The van der Waals surface area contributed by atoms with Gasteiger partial charge in [0.1, 0.15) is 17.5 Å². The molecule has 4 nitrogen and oxygen atoms in total. The van der Waals surface area contributed by atoms with E-state index in [0.717, 1.165) is 22.6 Å². The molecular formula is C21H26ClNO3. The second kappa shape index (κ2) is 8.11. The van der Waals surface area contributed by atoms with Crippen LogP contribution in [0.15, 0.2) is 42.5 Å².